The van der Waals surface area contributed by atoms with Gasteiger partial charge in [-0.1, -0.05) is 11.3 Å². The zero-order valence-electron chi connectivity index (χ0n) is 18.5. The van der Waals surface area contributed by atoms with Crippen LogP contribution in [-0.2, 0) is 9.47 Å². The molecule has 168 valence electrons. The summed E-state index contributed by atoms with van der Waals surface area (Å²) in [5.74, 6) is 1.58. The zero-order valence-corrected chi connectivity index (χ0v) is 19.3. The maximum Gasteiger partial charge on any atom is 0.197 e. The summed E-state index contributed by atoms with van der Waals surface area (Å²) < 4.78 is 11.3. The predicted molar refractivity (Wildman–Crippen MR) is 124 cm³/mol. The first-order valence-corrected chi connectivity index (χ1v) is 11.4. The number of methoxy groups -OCH3 is 1. The van der Waals surface area contributed by atoms with Crippen LogP contribution in [0.5, 0.6) is 0 Å². The normalized spacial score (nSPS) is 22.2. The van der Waals surface area contributed by atoms with Crippen molar-refractivity contribution in [3.63, 3.8) is 0 Å². The average Bonchev–Trinajstić information content (AvgIpc) is 3.32. The molecule has 2 aromatic heterocycles. The summed E-state index contributed by atoms with van der Waals surface area (Å²) in [6, 6.07) is 4.09. The number of pyridine rings is 1. The van der Waals surface area contributed by atoms with Crippen molar-refractivity contribution in [1.82, 2.24) is 25.5 Å². The highest BCUT2D eigenvalue weighted by Crippen LogP contribution is 2.24. The first-order chi connectivity index (χ1) is 14.9. The predicted octanol–water partition coefficient (Wildman–Crippen LogP) is 2.36. The van der Waals surface area contributed by atoms with Crippen LogP contribution >= 0.6 is 11.3 Å². The van der Waals surface area contributed by atoms with E-state index in [4.69, 9.17) is 14.5 Å². The molecule has 9 nitrogen and oxygen atoms in total. The Bertz CT molecular complexity index is 920. The number of hydrogen-bond donors (Lipinski definition) is 3. The molecule has 0 spiro atoms. The molecule has 2 aliphatic rings. The number of rotatable bonds is 7. The summed E-state index contributed by atoms with van der Waals surface area (Å²) in [5.41, 5.74) is 0.755. The maximum absolute atomic E-state index is 5.91. The van der Waals surface area contributed by atoms with Gasteiger partial charge in [0.05, 0.1) is 25.0 Å². The van der Waals surface area contributed by atoms with E-state index in [1.54, 1.807) is 13.3 Å². The molecule has 3 N–H and O–H groups in total. The summed E-state index contributed by atoms with van der Waals surface area (Å²) in [6.07, 6.45) is 4.84. The van der Waals surface area contributed by atoms with E-state index in [0.29, 0.717) is 19.4 Å². The first-order valence-electron chi connectivity index (χ1n) is 10.5. The monoisotopic (exact) mass is 445 g/mol. The van der Waals surface area contributed by atoms with Crippen LogP contribution in [0, 0.1) is 0 Å². The summed E-state index contributed by atoms with van der Waals surface area (Å²) >= 11 is 1.52. The van der Waals surface area contributed by atoms with Gasteiger partial charge in [-0.2, -0.15) is 0 Å². The second-order valence-corrected chi connectivity index (χ2v) is 9.75. The lowest BCUT2D eigenvalue weighted by Gasteiger charge is -2.26. The lowest BCUT2D eigenvalue weighted by atomic mass is 10.2. The van der Waals surface area contributed by atoms with Gasteiger partial charge in [0.2, 0.25) is 0 Å². The van der Waals surface area contributed by atoms with Crippen LogP contribution < -0.4 is 16.0 Å². The van der Waals surface area contributed by atoms with Crippen LogP contribution in [0.25, 0.3) is 10.3 Å². The van der Waals surface area contributed by atoms with Crippen LogP contribution in [0.15, 0.2) is 35.2 Å². The first kappa shape index (κ1) is 21.9. The number of thiazole rings is 1. The Morgan fingerprint density at radius 2 is 2.23 bits per heavy atom. The smallest absolute Gasteiger partial charge is 0.197 e. The lowest BCUT2D eigenvalue weighted by Crippen LogP contribution is -2.48. The van der Waals surface area contributed by atoms with E-state index in [-0.39, 0.29) is 11.6 Å². The molecule has 2 aliphatic heterocycles. The van der Waals surface area contributed by atoms with Gasteiger partial charge in [0, 0.05) is 32.4 Å². The Morgan fingerprint density at radius 3 is 3.00 bits per heavy atom. The molecule has 4 heterocycles. The number of aromatic nitrogens is 2. The molecule has 0 bridgehead atoms. The van der Waals surface area contributed by atoms with E-state index in [1.807, 2.05) is 18.2 Å². The molecule has 0 aliphatic carbocycles. The molecule has 2 atom stereocenters. The van der Waals surface area contributed by atoms with Gasteiger partial charge < -0.3 is 25.4 Å². The van der Waals surface area contributed by atoms with Gasteiger partial charge in [0.15, 0.2) is 11.1 Å². The molecule has 0 amide bonds. The fourth-order valence-corrected chi connectivity index (χ4v) is 4.30. The van der Waals surface area contributed by atoms with Gasteiger partial charge in [-0.15, -0.1) is 0 Å². The minimum atomic E-state index is -0.130. The van der Waals surface area contributed by atoms with Crippen LogP contribution in [-0.4, -0.2) is 72.0 Å². The highest BCUT2D eigenvalue weighted by atomic mass is 32.1. The molecule has 1 fully saturated rings. The van der Waals surface area contributed by atoms with Crippen LogP contribution in [0.2, 0.25) is 0 Å². The van der Waals surface area contributed by atoms with Gasteiger partial charge in [0.1, 0.15) is 16.2 Å². The Labute approximate surface area is 186 Å². The number of nitrogens with one attached hydrogen (secondary N) is 3. The number of aliphatic imine (C=N–C) groups is 1. The summed E-state index contributed by atoms with van der Waals surface area (Å²) in [4.78, 5) is 17.0. The third kappa shape index (κ3) is 6.13. The largest absolute Gasteiger partial charge is 0.382 e. The van der Waals surface area contributed by atoms with Gasteiger partial charge in [-0.3, -0.25) is 4.90 Å². The van der Waals surface area contributed by atoms with Crippen molar-refractivity contribution in [3.05, 3.63) is 30.2 Å². The Balaban J connectivity index is 1.37. The highest BCUT2D eigenvalue weighted by Gasteiger charge is 2.26. The molecular formula is C21H31N7O2S. The molecule has 31 heavy (non-hydrogen) atoms. The summed E-state index contributed by atoms with van der Waals surface area (Å²) in [7, 11) is 1.69. The van der Waals surface area contributed by atoms with Crippen molar-refractivity contribution in [3.8, 4) is 0 Å². The number of ether oxygens (including phenoxy) is 2. The van der Waals surface area contributed by atoms with Gasteiger partial charge in [-0.05, 0) is 45.4 Å². The minimum absolute atomic E-state index is 0.0783. The van der Waals surface area contributed by atoms with Crippen molar-refractivity contribution in [2.24, 2.45) is 4.99 Å². The van der Waals surface area contributed by atoms with Gasteiger partial charge >= 0.3 is 0 Å². The van der Waals surface area contributed by atoms with E-state index < -0.39 is 0 Å². The Hall–Kier alpha value is -2.27. The number of hydrogen-bond acceptors (Lipinski definition) is 10. The third-order valence-electron chi connectivity index (χ3n) is 4.95. The fraction of sp³-hybridized carbons (Fsp3) is 0.571. The topological polar surface area (TPSA) is 95.9 Å². The number of nitrogens with zero attached hydrogens (tertiary/aromatic N) is 4. The molecule has 2 aromatic rings. The molecule has 1 saturated heterocycles. The van der Waals surface area contributed by atoms with E-state index >= 15 is 0 Å². The fourth-order valence-electron chi connectivity index (χ4n) is 3.48. The Morgan fingerprint density at radius 1 is 1.35 bits per heavy atom. The van der Waals surface area contributed by atoms with E-state index in [9.17, 15) is 0 Å². The van der Waals surface area contributed by atoms with Gasteiger partial charge in [-0.25, -0.2) is 15.0 Å². The molecule has 2 unspecified atom stereocenters. The maximum atomic E-state index is 5.91. The second-order valence-electron chi connectivity index (χ2n) is 8.77. The standard InChI is InChI=1S/C21H31N7O2S/c1-21(2,3)30-13-28-9-7-14(11-28)23-19-24-15(12-29-4)10-17(26-19)27-20-25-16-6-5-8-22-18(16)31-20/h5-6,8,10,14-15H,7,9,11-13H2,1-4H3,(H,25,27)(H2,23,24,26). The zero-order chi connectivity index (χ0) is 21.8. The average molecular weight is 446 g/mol. The Kier molecular flexibility index (Phi) is 6.71. The van der Waals surface area contributed by atoms with Crippen molar-refractivity contribution >= 4 is 32.8 Å². The van der Waals surface area contributed by atoms with Crippen LogP contribution in [0.1, 0.15) is 27.2 Å². The van der Waals surface area contributed by atoms with Crippen LogP contribution in [0.4, 0.5) is 5.13 Å². The molecule has 0 radical (unpaired) electrons. The number of likely N-dealkylation sites (tertiary alicyclic amines) is 1. The quantitative estimate of drug-likeness (QED) is 0.598. The molecule has 0 saturated carbocycles. The minimum Gasteiger partial charge on any atom is -0.382 e. The molecular weight excluding hydrogens is 414 g/mol. The number of anilines is 1. The summed E-state index contributed by atoms with van der Waals surface area (Å²) in [5, 5.41) is 11.1. The molecule has 4 rings (SSSR count). The van der Waals surface area contributed by atoms with E-state index in [0.717, 1.165) is 46.8 Å². The van der Waals surface area contributed by atoms with Crippen molar-refractivity contribution < 1.29 is 9.47 Å². The van der Waals surface area contributed by atoms with Crippen molar-refractivity contribution in [1.29, 1.82) is 0 Å². The lowest BCUT2D eigenvalue weighted by molar-refractivity contribution is -0.0570. The molecule has 10 heteroatoms. The third-order valence-corrected chi connectivity index (χ3v) is 5.84. The summed E-state index contributed by atoms with van der Waals surface area (Å²) in [6.45, 7) is 9.32. The van der Waals surface area contributed by atoms with E-state index in [1.165, 1.54) is 11.3 Å². The number of guanidine groups is 1. The van der Waals surface area contributed by atoms with Crippen LogP contribution in [0.3, 0.4) is 0 Å². The SMILES string of the molecule is COCC1C=C(Nc2nc3cccnc3s2)NC(NC2CCN(COC(C)(C)C)C2)=N1. The molecule has 0 aromatic carbocycles. The second kappa shape index (κ2) is 9.47. The number of fused-ring (bicyclic) bond motifs is 1. The van der Waals surface area contributed by atoms with E-state index in [2.05, 4.69) is 51.6 Å². The van der Waals surface area contributed by atoms with Gasteiger partial charge in [0.25, 0.3) is 0 Å². The van der Waals surface area contributed by atoms with Crippen molar-refractivity contribution in [2.45, 2.75) is 44.9 Å². The highest BCUT2D eigenvalue weighted by molar-refractivity contribution is 7.21. The van der Waals surface area contributed by atoms with Crippen molar-refractivity contribution in [2.75, 3.05) is 38.9 Å².